The summed E-state index contributed by atoms with van der Waals surface area (Å²) in [7, 11) is 0. The number of nitrogen functional groups attached to an aromatic ring is 1. The van der Waals surface area contributed by atoms with Gasteiger partial charge in [0, 0.05) is 6.42 Å². The maximum absolute atomic E-state index is 12.1. The van der Waals surface area contributed by atoms with E-state index in [1.54, 1.807) is 0 Å². The Balaban J connectivity index is 0.000000342. The summed E-state index contributed by atoms with van der Waals surface area (Å²) in [6.07, 6.45) is 6.66. The minimum Gasteiger partial charge on any atom is -0.481 e. The number of H-pyrrole nitrogens is 1. The molecule has 0 radical (unpaired) electrons. The fourth-order valence-electron chi connectivity index (χ4n) is 1.27. The highest BCUT2D eigenvalue weighted by molar-refractivity contribution is 5.66. The Morgan fingerprint density at radius 2 is 2.05 bits per heavy atom. The molecule has 0 bridgehead atoms. The van der Waals surface area contributed by atoms with Crippen molar-refractivity contribution < 1.29 is 14.3 Å². The summed E-state index contributed by atoms with van der Waals surface area (Å²) >= 11 is 0. The summed E-state index contributed by atoms with van der Waals surface area (Å²) in [6, 6.07) is 0. The molecule has 0 unspecified atom stereocenters. The molecule has 6 nitrogen and oxygen atoms in total. The first-order valence-corrected chi connectivity index (χ1v) is 6.19. The molecule has 0 atom stereocenters. The average Bonchev–Trinajstić information content (AvgIpc) is 2.34. The molecule has 0 aliphatic rings. The van der Waals surface area contributed by atoms with Gasteiger partial charge in [-0.15, -0.1) is 0 Å². The molecule has 19 heavy (non-hydrogen) atoms. The minimum atomic E-state index is -0.713. The van der Waals surface area contributed by atoms with Gasteiger partial charge in [-0.1, -0.05) is 32.6 Å². The fourth-order valence-corrected chi connectivity index (χ4v) is 1.27. The molecule has 0 aliphatic heterocycles. The summed E-state index contributed by atoms with van der Waals surface area (Å²) in [4.78, 5) is 25.3. The highest BCUT2D eigenvalue weighted by Crippen LogP contribution is 2.04. The van der Waals surface area contributed by atoms with Crippen LogP contribution in [0.3, 0.4) is 0 Å². The third-order valence-corrected chi connectivity index (χ3v) is 2.29. The van der Waals surface area contributed by atoms with Crippen molar-refractivity contribution >= 4 is 11.8 Å². The Kier molecular flexibility index (Phi) is 9.03. The van der Waals surface area contributed by atoms with Gasteiger partial charge in [0.1, 0.15) is 5.82 Å². The van der Waals surface area contributed by atoms with E-state index in [0.717, 1.165) is 19.0 Å². The number of hydrogen-bond acceptors (Lipinski definition) is 4. The van der Waals surface area contributed by atoms with E-state index in [0.29, 0.717) is 6.42 Å². The summed E-state index contributed by atoms with van der Waals surface area (Å²) in [6.45, 7) is 2.15. The lowest BCUT2D eigenvalue weighted by atomic mass is 10.1. The van der Waals surface area contributed by atoms with Crippen LogP contribution in [0.5, 0.6) is 0 Å². The third-order valence-electron chi connectivity index (χ3n) is 2.29. The van der Waals surface area contributed by atoms with Crippen molar-refractivity contribution in [2.75, 3.05) is 5.73 Å². The van der Waals surface area contributed by atoms with E-state index >= 15 is 0 Å². The number of anilines is 1. The third kappa shape index (κ3) is 9.75. The standard InChI is InChI=1S/C8H16O2.C4H4FN3O/c1-2-3-4-5-6-7-8(9)10;5-2-1-7-4(9)8-3(2)6/h2-7H2,1H3,(H,9,10);1H,(H3,6,7,8,9). The van der Waals surface area contributed by atoms with Crippen LogP contribution >= 0.6 is 0 Å². The predicted molar refractivity (Wildman–Crippen MR) is 70.2 cm³/mol. The SMILES string of the molecule is CCCCCCCC(=O)O.Nc1[nH]c(=O)ncc1F. The van der Waals surface area contributed by atoms with Gasteiger partial charge in [-0.25, -0.2) is 9.18 Å². The van der Waals surface area contributed by atoms with Crippen LogP contribution in [-0.2, 0) is 4.79 Å². The van der Waals surface area contributed by atoms with Gasteiger partial charge in [-0.3, -0.25) is 9.78 Å². The van der Waals surface area contributed by atoms with Crippen molar-refractivity contribution in [2.45, 2.75) is 45.4 Å². The Morgan fingerprint density at radius 3 is 2.53 bits per heavy atom. The average molecular weight is 273 g/mol. The summed E-state index contributed by atoms with van der Waals surface area (Å²) < 4.78 is 12.1. The zero-order valence-corrected chi connectivity index (χ0v) is 11.0. The van der Waals surface area contributed by atoms with Crippen molar-refractivity contribution in [3.8, 4) is 0 Å². The molecule has 0 saturated carbocycles. The topological polar surface area (TPSA) is 109 Å². The predicted octanol–water partition coefficient (Wildman–Crippen LogP) is 1.92. The molecule has 1 aromatic heterocycles. The van der Waals surface area contributed by atoms with E-state index in [1.807, 2.05) is 4.98 Å². The number of unbranched alkanes of at least 4 members (excludes halogenated alkanes) is 4. The molecule has 7 heteroatoms. The van der Waals surface area contributed by atoms with Gasteiger partial charge in [0.05, 0.1) is 6.20 Å². The lowest BCUT2D eigenvalue weighted by Crippen LogP contribution is -2.12. The number of carboxylic acid groups (broad SMARTS) is 1. The molecule has 108 valence electrons. The van der Waals surface area contributed by atoms with Gasteiger partial charge in [0.25, 0.3) is 0 Å². The molecule has 0 aliphatic carbocycles. The molecular weight excluding hydrogens is 253 g/mol. The van der Waals surface area contributed by atoms with Gasteiger partial charge >= 0.3 is 11.7 Å². The monoisotopic (exact) mass is 273 g/mol. The van der Waals surface area contributed by atoms with Crippen LogP contribution in [0.1, 0.15) is 45.4 Å². The molecule has 0 amide bonds. The molecule has 0 saturated heterocycles. The maximum Gasteiger partial charge on any atom is 0.346 e. The van der Waals surface area contributed by atoms with Crippen LogP contribution in [0, 0.1) is 5.82 Å². The van der Waals surface area contributed by atoms with E-state index in [1.165, 1.54) is 19.3 Å². The van der Waals surface area contributed by atoms with Crippen LogP contribution in [-0.4, -0.2) is 21.0 Å². The molecule has 0 spiro atoms. The molecule has 1 heterocycles. The first-order chi connectivity index (χ1) is 8.97. The number of carbonyl (C=O) groups is 1. The Bertz CT molecular complexity index is 434. The van der Waals surface area contributed by atoms with Crippen molar-refractivity contribution in [3.63, 3.8) is 0 Å². The van der Waals surface area contributed by atoms with E-state index in [9.17, 15) is 14.0 Å². The van der Waals surface area contributed by atoms with E-state index < -0.39 is 17.5 Å². The van der Waals surface area contributed by atoms with Crippen molar-refractivity contribution in [3.05, 3.63) is 22.5 Å². The molecule has 1 rings (SSSR count). The molecule has 1 aromatic rings. The number of rotatable bonds is 6. The van der Waals surface area contributed by atoms with E-state index in [4.69, 9.17) is 10.8 Å². The molecule has 0 fully saturated rings. The van der Waals surface area contributed by atoms with Crippen LogP contribution in [0.4, 0.5) is 10.2 Å². The Hall–Kier alpha value is -1.92. The van der Waals surface area contributed by atoms with Gasteiger partial charge < -0.3 is 10.8 Å². The second-order valence-electron chi connectivity index (χ2n) is 4.01. The number of aromatic nitrogens is 2. The number of aromatic amines is 1. The van der Waals surface area contributed by atoms with Crippen molar-refractivity contribution in [2.24, 2.45) is 0 Å². The number of hydrogen-bond donors (Lipinski definition) is 3. The first-order valence-electron chi connectivity index (χ1n) is 6.19. The number of nitrogens with zero attached hydrogens (tertiary/aromatic N) is 1. The lowest BCUT2D eigenvalue weighted by molar-refractivity contribution is -0.137. The van der Waals surface area contributed by atoms with Crippen LogP contribution in [0.25, 0.3) is 0 Å². The first kappa shape index (κ1) is 17.1. The smallest absolute Gasteiger partial charge is 0.346 e. The quantitative estimate of drug-likeness (QED) is 0.686. The molecule has 0 aromatic carbocycles. The largest absolute Gasteiger partial charge is 0.481 e. The van der Waals surface area contributed by atoms with E-state index in [-0.39, 0.29) is 5.82 Å². The number of nitrogens with one attached hydrogen (secondary N) is 1. The van der Waals surface area contributed by atoms with Crippen LogP contribution < -0.4 is 11.4 Å². The molecule has 4 N–H and O–H groups in total. The molecular formula is C12H20FN3O3. The number of halogens is 1. The second kappa shape index (κ2) is 10.0. The van der Waals surface area contributed by atoms with Crippen LogP contribution in [0.15, 0.2) is 11.0 Å². The lowest BCUT2D eigenvalue weighted by Gasteiger charge is -1.95. The fraction of sp³-hybridized carbons (Fsp3) is 0.583. The Morgan fingerprint density at radius 1 is 1.42 bits per heavy atom. The van der Waals surface area contributed by atoms with Crippen molar-refractivity contribution in [1.82, 2.24) is 9.97 Å². The normalized spacial score (nSPS) is 9.58. The number of nitrogens with two attached hydrogens (primary N) is 1. The number of carboxylic acids is 1. The number of aliphatic carboxylic acids is 1. The summed E-state index contributed by atoms with van der Waals surface area (Å²) in [5.41, 5.74) is 4.31. The maximum atomic E-state index is 12.1. The zero-order valence-electron chi connectivity index (χ0n) is 11.0. The minimum absolute atomic E-state index is 0.282. The Labute approximate surface area is 110 Å². The zero-order chi connectivity index (χ0) is 14.7. The van der Waals surface area contributed by atoms with Crippen molar-refractivity contribution in [1.29, 1.82) is 0 Å². The summed E-state index contributed by atoms with van der Waals surface area (Å²) in [5.74, 6) is -1.67. The van der Waals surface area contributed by atoms with Gasteiger partial charge in [0.15, 0.2) is 5.82 Å². The highest BCUT2D eigenvalue weighted by atomic mass is 19.1. The van der Waals surface area contributed by atoms with E-state index in [2.05, 4.69) is 11.9 Å². The van der Waals surface area contributed by atoms with Gasteiger partial charge in [-0.2, -0.15) is 4.98 Å². The van der Waals surface area contributed by atoms with Crippen LogP contribution in [0.2, 0.25) is 0 Å². The highest BCUT2D eigenvalue weighted by Gasteiger charge is 1.95. The van der Waals surface area contributed by atoms with Gasteiger partial charge in [0.2, 0.25) is 0 Å². The second-order valence-corrected chi connectivity index (χ2v) is 4.01. The van der Waals surface area contributed by atoms with Gasteiger partial charge in [-0.05, 0) is 6.42 Å². The summed E-state index contributed by atoms with van der Waals surface area (Å²) in [5, 5.41) is 8.27.